The van der Waals surface area contributed by atoms with Crippen molar-refractivity contribution in [3.05, 3.63) is 52.6 Å². The molecule has 2 N–H and O–H groups in total. The smallest absolute Gasteiger partial charge is 0.143 e. The molecule has 17 heavy (non-hydrogen) atoms. The molecule has 0 radical (unpaired) electrons. The molecule has 2 rings (SSSR count). The number of rotatable bonds is 3. The van der Waals surface area contributed by atoms with Crippen molar-refractivity contribution in [3.63, 3.8) is 0 Å². The van der Waals surface area contributed by atoms with Crippen LogP contribution in [0.1, 0.15) is 5.56 Å². The zero-order chi connectivity index (χ0) is 12.3. The van der Waals surface area contributed by atoms with E-state index in [-0.39, 0.29) is 0 Å². The fourth-order valence-corrected chi connectivity index (χ4v) is 2.33. The monoisotopic (exact) mass is 291 g/mol. The molecule has 88 valence electrons. The van der Waals surface area contributed by atoms with Crippen LogP contribution in [0, 0.1) is 0 Å². The number of anilines is 2. The normalized spacial score (nSPS) is 10.2. The minimum atomic E-state index is 0.661. The molecule has 1 heterocycles. The van der Waals surface area contributed by atoms with Crippen molar-refractivity contribution >= 4 is 27.4 Å². The van der Waals surface area contributed by atoms with Crippen molar-refractivity contribution in [2.24, 2.45) is 0 Å². The highest BCUT2D eigenvalue weighted by Gasteiger charge is 2.07. The van der Waals surface area contributed by atoms with E-state index in [1.54, 1.807) is 6.20 Å². The number of nitrogens with zero attached hydrogens (tertiary/aromatic N) is 2. The molecule has 1 aromatic heterocycles. The Bertz CT molecular complexity index is 499. The van der Waals surface area contributed by atoms with Crippen molar-refractivity contribution < 1.29 is 0 Å². The Morgan fingerprint density at radius 3 is 2.65 bits per heavy atom. The first-order valence-electron chi connectivity index (χ1n) is 5.33. The summed E-state index contributed by atoms with van der Waals surface area (Å²) in [5.41, 5.74) is 7.58. The van der Waals surface area contributed by atoms with Crippen LogP contribution in [0.25, 0.3) is 0 Å². The number of nitrogen functional groups attached to an aromatic ring is 1. The van der Waals surface area contributed by atoms with Gasteiger partial charge in [-0.05, 0) is 27.6 Å². The van der Waals surface area contributed by atoms with Crippen LogP contribution in [-0.2, 0) is 6.54 Å². The Balaban J connectivity index is 2.17. The molecule has 4 heteroatoms. The molecule has 0 spiro atoms. The number of benzene rings is 1. The second-order valence-electron chi connectivity index (χ2n) is 3.92. The van der Waals surface area contributed by atoms with Gasteiger partial charge in [-0.25, -0.2) is 4.98 Å². The van der Waals surface area contributed by atoms with Crippen molar-refractivity contribution in [3.8, 4) is 0 Å². The molecule has 3 nitrogen and oxygen atoms in total. The lowest BCUT2D eigenvalue weighted by Crippen LogP contribution is -2.18. The number of nitrogens with two attached hydrogens (primary N) is 1. The van der Waals surface area contributed by atoms with Gasteiger partial charge >= 0.3 is 0 Å². The van der Waals surface area contributed by atoms with Gasteiger partial charge in [0.05, 0.1) is 16.4 Å². The van der Waals surface area contributed by atoms with E-state index in [4.69, 9.17) is 5.73 Å². The van der Waals surface area contributed by atoms with Crippen LogP contribution >= 0.6 is 15.9 Å². The van der Waals surface area contributed by atoms with E-state index in [1.165, 1.54) is 5.56 Å². The molecule has 0 amide bonds. The van der Waals surface area contributed by atoms with E-state index >= 15 is 0 Å². The molecule has 0 aliphatic carbocycles. The highest BCUT2D eigenvalue weighted by molar-refractivity contribution is 9.10. The number of pyridine rings is 1. The summed E-state index contributed by atoms with van der Waals surface area (Å²) < 4.78 is 0.913. The summed E-state index contributed by atoms with van der Waals surface area (Å²) in [4.78, 5) is 6.41. The van der Waals surface area contributed by atoms with Gasteiger partial charge < -0.3 is 10.6 Å². The minimum absolute atomic E-state index is 0.661. The van der Waals surface area contributed by atoms with Gasteiger partial charge in [0.1, 0.15) is 5.82 Å². The average molecular weight is 292 g/mol. The maximum absolute atomic E-state index is 5.67. The molecular formula is C13H14BrN3. The van der Waals surface area contributed by atoms with Gasteiger partial charge in [0.2, 0.25) is 0 Å². The molecule has 0 saturated carbocycles. The third kappa shape index (κ3) is 2.97. The highest BCUT2D eigenvalue weighted by Crippen LogP contribution is 2.25. The zero-order valence-electron chi connectivity index (χ0n) is 9.60. The fraction of sp³-hybridized carbons (Fsp3) is 0.154. The SMILES string of the molecule is CN(Cc1ccccc1)c1ncc(N)cc1Br. The number of halogens is 1. The second kappa shape index (κ2) is 5.19. The molecule has 0 saturated heterocycles. The first-order chi connectivity index (χ1) is 8.16. The van der Waals surface area contributed by atoms with Crippen molar-refractivity contribution in [1.29, 1.82) is 0 Å². The standard InChI is InChI=1S/C13H14BrN3/c1-17(9-10-5-3-2-4-6-10)13-12(14)7-11(15)8-16-13/h2-8H,9,15H2,1H3. The van der Waals surface area contributed by atoms with Gasteiger partial charge in [0.15, 0.2) is 0 Å². The maximum atomic E-state index is 5.67. The minimum Gasteiger partial charge on any atom is -0.397 e. The van der Waals surface area contributed by atoms with Crippen molar-refractivity contribution in [2.75, 3.05) is 17.7 Å². The largest absolute Gasteiger partial charge is 0.397 e. The summed E-state index contributed by atoms with van der Waals surface area (Å²) in [5.74, 6) is 0.892. The quantitative estimate of drug-likeness (QED) is 0.945. The molecule has 1 aromatic carbocycles. The van der Waals surface area contributed by atoms with Crippen LogP contribution in [0.2, 0.25) is 0 Å². The van der Waals surface area contributed by atoms with E-state index < -0.39 is 0 Å². The van der Waals surface area contributed by atoms with Gasteiger partial charge in [-0.3, -0.25) is 0 Å². The molecule has 0 aliphatic heterocycles. The van der Waals surface area contributed by atoms with E-state index in [0.717, 1.165) is 16.8 Å². The lowest BCUT2D eigenvalue weighted by molar-refractivity contribution is 0.894. The fourth-order valence-electron chi connectivity index (χ4n) is 1.66. The third-order valence-electron chi connectivity index (χ3n) is 2.47. The van der Waals surface area contributed by atoms with Crippen molar-refractivity contribution in [1.82, 2.24) is 4.98 Å². The van der Waals surface area contributed by atoms with Crippen LogP contribution in [0.15, 0.2) is 47.1 Å². The van der Waals surface area contributed by atoms with Crippen LogP contribution in [0.5, 0.6) is 0 Å². The van der Waals surface area contributed by atoms with Crippen LogP contribution in [-0.4, -0.2) is 12.0 Å². The maximum Gasteiger partial charge on any atom is 0.143 e. The Labute approximate surface area is 109 Å². The second-order valence-corrected chi connectivity index (χ2v) is 4.77. The van der Waals surface area contributed by atoms with Gasteiger partial charge in [0, 0.05) is 13.6 Å². The highest BCUT2D eigenvalue weighted by atomic mass is 79.9. The topological polar surface area (TPSA) is 42.2 Å². The molecule has 0 fully saturated rings. The van der Waals surface area contributed by atoms with E-state index in [9.17, 15) is 0 Å². The van der Waals surface area contributed by atoms with Crippen LogP contribution < -0.4 is 10.6 Å². The summed E-state index contributed by atoms with van der Waals surface area (Å²) in [6.07, 6.45) is 1.67. The summed E-state index contributed by atoms with van der Waals surface area (Å²) in [6, 6.07) is 12.2. The van der Waals surface area contributed by atoms with E-state index in [2.05, 4.69) is 37.9 Å². The Morgan fingerprint density at radius 1 is 1.29 bits per heavy atom. The number of hydrogen-bond acceptors (Lipinski definition) is 3. The number of hydrogen-bond donors (Lipinski definition) is 1. The van der Waals surface area contributed by atoms with Gasteiger partial charge in [-0.1, -0.05) is 30.3 Å². The van der Waals surface area contributed by atoms with Crippen LogP contribution in [0.3, 0.4) is 0 Å². The zero-order valence-corrected chi connectivity index (χ0v) is 11.2. The predicted octanol–water partition coefficient (Wildman–Crippen LogP) is 3.06. The van der Waals surface area contributed by atoms with Gasteiger partial charge in [0.25, 0.3) is 0 Å². The summed E-state index contributed by atoms with van der Waals surface area (Å²) in [7, 11) is 2.01. The van der Waals surface area contributed by atoms with E-state index in [1.807, 2.05) is 31.3 Å². The lowest BCUT2D eigenvalue weighted by Gasteiger charge is -2.19. The molecule has 0 atom stereocenters. The first kappa shape index (κ1) is 11.9. The van der Waals surface area contributed by atoms with Gasteiger partial charge in [-0.2, -0.15) is 0 Å². The van der Waals surface area contributed by atoms with E-state index in [0.29, 0.717) is 5.69 Å². The Kier molecular flexibility index (Phi) is 3.64. The van der Waals surface area contributed by atoms with Crippen LogP contribution in [0.4, 0.5) is 11.5 Å². The average Bonchev–Trinajstić information content (AvgIpc) is 2.30. The van der Waals surface area contributed by atoms with Gasteiger partial charge in [-0.15, -0.1) is 0 Å². The summed E-state index contributed by atoms with van der Waals surface area (Å²) in [5, 5.41) is 0. The first-order valence-corrected chi connectivity index (χ1v) is 6.12. The number of aromatic nitrogens is 1. The molecule has 0 bridgehead atoms. The Hall–Kier alpha value is -1.55. The summed E-state index contributed by atoms with van der Waals surface area (Å²) >= 11 is 3.48. The predicted molar refractivity (Wildman–Crippen MR) is 74.9 cm³/mol. The summed E-state index contributed by atoms with van der Waals surface area (Å²) in [6.45, 7) is 0.816. The molecule has 2 aromatic rings. The molecular weight excluding hydrogens is 278 g/mol. The molecule has 0 aliphatic rings. The lowest BCUT2D eigenvalue weighted by atomic mass is 10.2. The Morgan fingerprint density at radius 2 is 2.00 bits per heavy atom. The third-order valence-corrected chi connectivity index (χ3v) is 3.05. The van der Waals surface area contributed by atoms with Crippen molar-refractivity contribution in [2.45, 2.75) is 6.54 Å². The molecule has 0 unspecified atom stereocenters.